The number of alkyl halides is 1. The van der Waals surface area contributed by atoms with Gasteiger partial charge in [-0.25, -0.2) is 8.78 Å². The van der Waals surface area contributed by atoms with Gasteiger partial charge in [-0.15, -0.1) is 0 Å². The van der Waals surface area contributed by atoms with Crippen LogP contribution in [0.4, 0.5) is 8.78 Å². The van der Waals surface area contributed by atoms with Gasteiger partial charge in [-0.3, -0.25) is 0 Å². The smallest absolute Gasteiger partial charge is 0.125 e. The van der Waals surface area contributed by atoms with Gasteiger partial charge in [0.15, 0.2) is 0 Å². The van der Waals surface area contributed by atoms with Gasteiger partial charge < -0.3 is 0 Å². The van der Waals surface area contributed by atoms with Gasteiger partial charge >= 0.3 is 0 Å². The summed E-state index contributed by atoms with van der Waals surface area (Å²) in [6, 6.07) is 8.31. The molecule has 0 unspecified atom stereocenters. The van der Waals surface area contributed by atoms with Crippen LogP contribution >= 0.6 is 63.7 Å². The first-order valence-electron chi connectivity index (χ1n) is 5.46. The summed E-state index contributed by atoms with van der Waals surface area (Å²) in [7, 11) is 0. The molecule has 0 aliphatic carbocycles. The molecule has 0 aromatic heterocycles. The number of hydrogen-bond donors (Lipinski definition) is 0. The SMILES string of the molecule is Cc1c(Br)cc(F)cc1Br.FCc1cccc(Br)c1Br. The lowest BCUT2D eigenvalue weighted by Crippen LogP contribution is -1.80. The Balaban J connectivity index is 0.000000200. The molecule has 0 saturated heterocycles. The van der Waals surface area contributed by atoms with E-state index in [1.165, 1.54) is 12.1 Å². The zero-order valence-corrected chi connectivity index (χ0v) is 16.7. The van der Waals surface area contributed by atoms with E-state index in [2.05, 4.69) is 63.7 Å². The van der Waals surface area contributed by atoms with Crippen LogP contribution in [0.15, 0.2) is 48.2 Å². The molecule has 2 aromatic carbocycles. The third kappa shape index (κ3) is 5.20. The molecule has 0 spiro atoms. The van der Waals surface area contributed by atoms with Crippen molar-refractivity contribution >= 4 is 63.7 Å². The Morgan fingerprint density at radius 3 is 1.95 bits per heavy atom. The molecule has 0 fully saturated rings. The number of benzene rings is 2. The maximum atomic E-state index is 12.5. The van der Waals surface area contributed by atoms with Crippen LogP contribution in [0.2, 0.25) is 0 Å². The van der Waals surface area contributed by atoms with Crippen LogP contribution in [0, 0.1) is 12.7 Å². The minimum atomic E-state index is -0.431. The summed E-state index contributed by atoms with van der Waals surface area (Å²) in [4.78, 5) is 0. The molecule has 2 aromatic rings. The topological polar surface area (TPSA) is 0 Å². The summed E-state index contributed by atoms with van der Waals surface area (Å²) in [6.45, 7) is 1.48. The summed E-state index contributed by atoms with van der Waals surface area (Å²) in [5.74, 6) is -0.232. The third-order valence-corrected chi connectivity index (χ3v) is 6.20. The summed E-state index contributed by atoms with van der Waals surface area (Å²) in [6.07, 6.45) is 0. The van der Waals surface area contributed by atoms with Crippen molar-refractivity contribution in [3.63, 3.8) is 0 Å². The second-order valence-corrected chi connectivity index (χ2v) is 7.20. The van der Waals surface area contributed by atoms with Crippen molar-refractivity contribution in [2.45, 2.75) is 13.6 Å². The van der Waals surface area contributed by atoms with Gasteiger partial charge in [0.1, 0.15) is 12.5 Å². The number of halogens is 6. The maximum Gasteiger partial charge on any atom is 0.125 e. The van der Waals surface area contributed by atoms with Crippen molar-refractivity contribution in [3.05, 3.63) is 65.2 Å². The highest BCUT2D eigenvalue weighted by Crippen LogP contribution is 2.27. The van der Waals surface area contributed by atoms with Gasteiger partial charge in [-0.05, 0) is 68.1 Å². The van der Waals surface area contributed by atoms with Crippen LogP contribution in [0.25, 0.3) is 0 Å². The molecule has 108 valence electrons. The van der Waals surface area contributed by atoms with E-state index in [4.69, 9.17) is 0 Å². The van der Waals surface area contributed by atoms with Crippen LogP contribution < -0.4 is 0 Å². The predicted molar refractivity (Wildman–Crippen MR) is 93.2 cm³/mol. The van der Waals surface area contributed by atoms with Crippen LogP contribution in [0.5, 0.6) is 0 Å². The van der Waals surface area contributed by atoms with Gasteiger partial charge in [0.05, 0.1) is 0 Å². The Labute approximate surface area is 150 Å². The zero-order valence-electron chi connectivity index (χ0n) is 10.4. The monoisotopic (exact) mass is 532 g/mol. The third-order valence-electron chi connectivity index (χ3n) is 2.42. The van der Waals surface area contributed by atoms with E-state index < -0.39 is 6.67 Å². The van der Waals surface area contributed by atoms with Crippen LogP contribution in [-0.4, -0.2) is 0 Å². The molecule has 6 heteroatoms. The molecule has 0 heterocycles. The van der Waals surface area contributed by atoms with E-state index >= 15 is 0 Å². The summed E-state index contributed by atoms with van der Waals surface area (Å²) >= 11 is 13.0. The molecule has 0 bridgehead atoms. The standard InChI is InChI=1S/2C7H5Br2F/c1-4-6(8)2-5(10)3-7(4)9;8-6-3-1-2-5(4-10)7(6)9/h2-3H,1H3;1-3H,4H2. The minimum Gasteiger partial charge on any atom is -0.246 e. The fraction of sp³-hybridized carbons (Fsp3) is 0.143. The molecule has 0 N–H and O–H groups in total. The molecule has 0 atom stereocenters. The van der Waals surface area contributed by atoms with E-state index in [0.29, 0.717) is 5.56 Å². The quantitative estimate of drug-likeness (QED) is 0.358. The normalized spacial score (nSPS) is 9.95. The molecule has 2 rings (SSSR count). The summed E-state index contributed by atoms with van der Waals surface area (Å²) in [5, 5.41) is 0. The molecule has 0 radical (unpaired) electrons. The average Bonchev–Trinajstić information content (AvgIpc) is 2.40. The average molecular weight is 536 g/mol. The number of hydrogen-bond acceptors (Lipinski definition) is 0. The highest BCUT2D eigenvalue weighted by Gasteiger charge is 2.01. The molecule has 0 saturated carbocycles. The van der Waals surface area contributed by atoms with Gasteiger partial charge in [0.2, 0.25) is 0 Å². The first-order chi connectivity index (χ1) is 9.36. The predicted octanol–water partition coefficient (Wildman–Crippen LogP) is 7.34. The highest BCUT2D eigenvalue weighted by atomic mass is 79.9. The Kier molecular flexibility index (Phi) is 7.87. The van der Waals surface area contributed by atoms with E-state index in [1.807, 2.05) is 19.1 Å². The Bertz CT molecular complexity index is 577. The zero-order chi connectivity index (χ0) is 15.3. The molecule has 20 heavy (non-hydrogen) atoms. The molecule has 0 nitrogen and oxygen atoms in total. The number of rotatable bonds is 1. The van der Waals surface area contributed by atoms with Gasteiger partial charge in [0, 0.05) is 17.9 Å². The second kappa shape index (κ2) is 8.61. The van der Waals surface area contributed by atoms with Crippen molar-refractivity contribution < 1.29 is 8.78 Å². The lowest BCUT2D eigenvalue weighted by atomic mass is 10.2. The minimum absolute atomic E-state index is 0.232. The maximum absolute atomic E-state index is 12.5. The van der Waals surface area contributed by atoms with E-state index in [-0.39, 0.29) is 5.82 Å². The van der Waals surface area contributed by atoms with Crippen molar-refractivity contribution in [2.75, 3.05) is 0 Å². The summed E-state index contributed by atoms with van der Waals surface area (Å²) < 4.78 is 27.9. The Morgan fingerprint density at radius 1 is 0.950 bits per heavy atom. The fourth-order valence-electron chi connectivity index (χ4n) is 1.27. The van der Waals surface area contributed by atoms with Crippen LogP contribution in [0.3, 0.4) is 0 Å². The first kappa shape index (κ1) is 18.3. The van der Waals surface area contributed by atoms with Crippen molar-refractivity contribution in [1.29, 1.82) is 0 Å². The van der Waals surface area contributed by atoms with Crippen LogP contribution in [0.1, 0.15) is 11.1 Å². The Morgan fingerprint density at radius 2 is 1.50 bits per heavy atom. The largest absolute Gasteiger partial charge is 0.246 e. The van der Waals surface area contributed by atoms with E-state index in [0.717, 1.165) is 23.5 Å². The summed E-state index contributed by atoms with van der Waals surface area (Å²) in [5.41, 5.74) is 1.69. The van der Waals surface area contributed by atoms with Gasteiger partial charge in [-0.2, -0.15) is 0 Å². The molecule has 0 aliphatic rings. The fourth-order valence-corrected chi connectivity index (χ4v) is 3.17. The van der Waals surface area contributed by atoms with Gasteiger partial charge in [0.25, 0.3) is 0 Å². The Hall–Kier alpha value is 0.220. The molecular formula is C14H10Br4F2. The van der Waals surface area contributed by atoms with Crippen molar-refractivity contribution in [3.8, 4) is 0 Å². The lowest BCUT2D eigenvalue weighted by Gasteiger charge is -1.99. The van der Waals surface area contributed by atoms with E-state index in [1.54, 1.807) is 6.07 Å². The van der Waals surface area contributed by atoms with E-state index in [9.17, 15) is 8.78 Å². The molecule has 0 amide bonds. The molecular weight excluding hydrogens is 526 g/mol. The lowest BCUT2D eigenvalue weighted by molar-refractivity contribution is 0.484. The first-order valence-corrected chi connectivity index (χ1v) is 8.64. The van der Waals surface area contributed by atoms with Crippen molar-refractivity contribution in [1.82, 2.24) is 0 Å². The van der Waals surface area contributed by atoms with Gasteiger partial charge in [-0.1, -0.05) is 44.0 Å². The van der Waals surface area contributed by atoms with Crippen LogP contribution in [-0.2, 0) is 6.67 Å². The highest BCUT2D eigenvalue weighted by molar-refractivity contribution is 9.13. The molecule has 0 aliphatic heterocycles. The van der Waals surface area contributed by atoms with Crippen molar-refractivity contribution in [2.24, 2.45) is 0 Å². The second-order valence-electron chi connectivity index (χ2n) is 3.84.